The number of rotatable bonds is 9. The molecule has 4 atom stereocenters. The van der Waals surface area contributed by atoms with Gasteiger partial charge in [-0.15, -0.1) is 0 Å². The molecule has 0 amide bonds. The molecule has 3 fully saturated rings. The number of carbonyl (C=O) groups is 1. The van der Waals surface area contributed by atoms with Crippen molar-refractivity contribution in [2.24, 2.45) is 11.8 Å². The van der Waals surface area contributed by atoms with E-state index >= 15 is 0 Å². The van der Waals surface area contributed by atoms with Gasteiger partial charge in [-0.25, -0.2) is 0 Å². The van der Waals surface area contributed by atoms with Gasteiger partial charge in [-0.3, -0.25) is 4.79 Å². The monoisotopic (exact) mass is 322 g/mol. The van der Waals surface area contributed by atoms with Gasteiger partial charge in [-0.1, -0.05) is 25.0 Å². The van der Waals surface area contributed by atoms with Gasteiger partial charge >= 0.3 is 5.97 Å². The third-order valence-electron chi connectivity index (χ3n) is 5.69. The third-order valence-corrected chi connectivity index (χ3v) is 5.69. The Morgan fingerprint density at radius 1 is 1.13 bits per heavy atom. The van der Waals surface area contributed by atoms with Crippen LogP contribution in [0.2, 0.25) is 0 Å². The molecular weight excluding hydrogens is 292 g/mol. The number of hydrogen-bond donors (Lipinski definition) is 1. The molecule has 2 heterocycles. The Hall–Kier alpha value is -0.870. The van der Waals surface area contributed by atoms with Crippen LogP contribution in [-0.4, -0.2) is 36.0 Å². The van der Waals surface area contributed by atoms with Crippen LogP contribution in [0.3, 0.4) is 0 Å². The smallest absolute Gasteiger partial charge is 0.303 e. The predicted octanol–water partition coefficient (Wildman–Crippen LogP) is 3.94. The molecule has 4 heteroatoms. The quantitative estimate of drug-likeness (QED) is 0.516. The Kier molecular flexibility index (Phi) is 6.12. The summed E-state index contributed by atoms with van der Waals surface area (Å²) in [5.41, 5.74) is 0. The lowest BCUT2D eigenvalue weighted by Gasteiger charge is -2.28. The van der Waals surface area contributed by atoms with Crippen LogP contribution >= 0.6 is 0 Å². The first-order valence-electron chi connectivity index (χ1n) is 9.38. The lowest BCUT2D eigenvalue weighted by atomic mass is 9.84. The lowest BCUT2D eigenvalue weighted by molar-refractivity contribution is -0.137. The zero-order valence-corrected chi connectivity index (χ0v) is 14.0. The minimum atomic E-state index is -0.708. The number of carboxylic acids is 1. The molecule has 1 saturated carbocycles. The van der Waals surface area contributed by atoms with Gasteiger partial charge < -0.3 is 14.6 Å². The van der Waals surface area contributed by atoms with Crippen molar-refractivity contribution in [3.05, 3.63) is 12.2 Å². The summed E-state index contributed by atoms with van der Waals surface area (Å²) < 4.78 is 12.4. The fourth-order valence-corrected chi connectivity index (χ4v) is 4.42. The summed E-state index contributed by atoms with van der Waals surface area (Å²) in [6.45, 7) is 0.913. The minimum Gasteiger partial charge on any atom is -0.481 e. The average molecular weight is 322 g/mol. The van der Waals surface area contributed by atoms with Crippen molar-refractivity contribution in [2.75, 3.05) is 6.61 Å². The van der Waals surface area contributed by atoms with E-state index in [0.29, 0.717) is 18.1 Å². The molecule has 23 heavy (non-hydrogen) atoms. The molecule has 1 N–H and O–H groups in total. The van der Waals surface area contributed by atoms with Gasteiger partial charge in [0.05, 0.1) is 18.3 Å². The molecule has 2 saturated heterocycles. The average Bonchev–Trinajstić information content (AvgIpc) is 3.25. The molecule has 0 aromatic carbocycles. The van der Waals surface area contributed by atoms with E-state index in [2.05, 4.69) is 12.2 Å². The maximum atomic E-state index is 10.5. The highest BCUT2D eigenvalue weighted by Crippen LogP contribution is 2.43. The zero-order valence-electron chi connectivity index (χ0n) is 14.0. The summed E-state index contributed by atoms with van der Waals surface area (Å²) in [7, 11) is 0. The van der Waals surface area contributed by atoms with Gasteiger partial charge in [0.1, 0.15) is 0 Å². The summed E-state index contributed by atoms with van der Waals surface area (Å²) in [5, 5.41) is 8.64. The predicted molar refractivity (Wildman–Crippen MR) is 88.3 cm³/mol. The topological polar surface area (TPSA) is 55.8 Å². The molecule has 4 nitrogen and oxygen atoms in total. The molecule has 0 aromatic heterocycles. The van der Waals surface area contributed by atoms with Crippen LogP contribution in [0.4, 0.5) is 0 Å². The molecular formula is C19H30O4. The van der Waals surface area contributed by atoms with Crippen molar-refractivity contribution in [3.8, 4) is 0 Å². The van der Waals surface area contributed by atoms with Crippen molar-refractivity contribution >= 4 is 5.97 Å². The minimum absolute atomic E-state index is 0.259. The van der Waals surface area contributed by atoms with E-state index in [9.17, 15) is 4.79 Å². The third kappa shape index (κ3) is 4.57. The molecule has 0 radical (unpaired) electrons. The van der Waals surface area contributed by atoms with Gasteiger partial charge in [0, 0.05) is 18.9 Å². The second-order valence-electron chi connectivity index (χ2n) is 7.40. The van der Waals surface area contributed by atoms with E-state index in [1.807, 2.05) is 0 Å². The van der Waals surface area contributed by atoms with E-state index in [1.54, 1.807) is 0 Å². The van der Waals surface area contributed by atoms with Crippen molar-refractivity contribution in [1.82, 2.24) is 0 Å². The Bertz CT molecular complexity index is 414. The summed E-state index contributed by atoms with van der Waals surface area (Å²) in [6, 6.07) is 0. The Balaban J connectivity index is 1.42. The second kappa shape index (κ2) is 8.29. The molecule has 130 valence electrons. The van der Waals surface area contributed by atoms with Gasteiger partial charge in [0.15, 0.2) is 0 Å². The molecule has 0 unspecified atom stereocenters. The standard InChI is InChI=1S/C19H30O4/c20-18(21)10-4-2-1-3-9-15-16-11-12-17(23-16)19(15)22-13-14-7-5-6-8-14/h1,3,14-17,19H,2,4-13H2,(H,20,21)/t15-,16+,17-,19+/m1/s1. The fraction of sp³-hybridized carbons (Fsp3) is 0.842. The van der Waals surface area contributed by atoms with Gasteiger partial charge in [0.2, 0.25) is 0 Å². The zero-order chi connectivity index (χ0) is 16.1. The first kappa shape index (κ1) is 17.0. The summed E-state index contributed by atoms with van der Waals surface area (Å²) in [6.07, 6.45) is 15.8. The van der Waals surface area contributed by atoms with E-state index in [4.69, 9.17) is 14.6 Å². The van der Waals surface area contributed by atoms with Crippen LogP contribution in [0.5, 0.6) is 0 Å². The first-order valence-corrected chi connectivity index (χ1v) is 9.38. The van der Waals surface area contributed by atoms with Crippen molar-refractivity contribution in [3.63, 3.8) is 0 Å². The maximum absolute atomic E-state index is 10.5. The van der Waals surface area contributed by atoms with Crippen molar-refractivity contribution in [1.29, 1.82) is 0 Å². The van der Waals surface area contributed by atoms with E-state index in [0.717, 1.165) is 38.2 Å². The van der Waals surface area contributed by atoms with Crippen LogP contribution in [0.15, 0.2) is 12.2 Å². The highest BCUT2D eigenvalue weighted by Gasteiger charge is 2.49. The maximum Gasteiger partial charge on any atom is 0.303 e. The van der Waals surface area contributed by atoms with Crippen LogP contribution in [-0.2, 0) is 14.3 Å². The number of aliphatic carboxylic acids is 1. The fourth-order valence-electron chi connectivity index (χ4n) is 4.42. The van der Waals surface area contributed by atoms with Crippen LogP contribution in [0, 0.1) is 11.8 Å². The number of fused-ring (bicyclic) bond motifs is 2. The Labute approximate surface area is 139 Å². The number of hydrogen-bond acceptors (Lipinski definition) is 3. The summed E-state index contributed by atoms with van der Waals surface area (Å²) >= 11 is 0. The van der Waals surface area contributed by atoms with E-state index in [1.165, 1.54) is 32.1 Å². The lowest BCUT2D eigenvalue weighted by Crippen LogP contribution is -2.35. The molecule has 0 spiro atoms. The highest BCUT2D eigenvalue weighted by molar-refractivity contribution is 5.66. The van der Waals surface area contributed by atoms with Gasteiger partial charge in [-0.05, 0) is 50.9 Å². The van der Waals surface area contributed by atoms with E-state index in [-0.39, 0.29) is 12.5 Å². The largest absolute Gasteiger partial charge is 0.481 e. The summed E-state index contributed by atoms with van der Waals surface area (Å²) in [4.78, 5) is 10.5. The first-order chi connectivity index (χ1) is 11.2. The molecule has 2 bridgehead atoms. The SMILES string of the molecule is O=C(O)CCCC=CC[C@H]1[C@H](OCC2CCCC2)[C@H]2CC[C@@H]1O2. The van der Waals surface area contributed by atoms with E-state index < -0.39 is 5.97 Å². The molecule has 1 aliphatic carbocycles. The number of ether oxygens (including phenoxy) is 2. The van der Waals surface area contributed by atoms with Crippen molar-refractivity contribution < 1.29 is 19.4 Å². The normalized spacial score (nSPS) is 33.9. The number of unbranched alkanes of at least 4 members (excludes halogenated alkanes) is 1. The van der Waals surface area contributed by atoms with Crippen LogP contribution in [0.25, 0.3) is 0 Å². The van der Waals surface area contributed by atoms with Gasteiger partial charge in [-0.2, -0.15) is 0 Å². The van der Waals surface area contributed by atoms with Crippen LogP contribution < -0.4 is 0 Å². The Morgan fingerprint density at radius 3 is 2.70 bits per heavy atom. The molecule has 0 aromatic rings. The number of allylic oxidation sites excluding steroid dienone is 2. The molecule has 2 aliphatic heterocycles. The number of carboxylic acid groups (broad SMARTS) is 1. The second-order valence-corrected chi connectivity index (χ2v) is 7.40. The van der Waals surface area contributed by atoms with Crippen molar-refractivity contribution in [2.45, 2.75) is 82.5 Å². The summed E-state index contributed by atoms with van der Waals surface area (Å²) in [5.74, 6) is 0.549. The molecule has 3 rings (SSSR count). The Morgan fingerprint density at radius 2 is 1.91 bits per heavy atom. The molecule has 3 aliphatic rings. The van der Waals surface area contributed by atoms with Crippen LogP contribution in [0.1, 0.15) is 64.2 Å². The highest BCUT2D eigenvalue weighted by atomic mass is 16.6. The van der Waals surface area contributed by atoms with Gasteiger partial charge in [0.25, 0.3) is 0 Å².